The van der Waals surface area contributed by atoms with Crippen LogP contribution in [0.2, 0.25) is 0 Å². The molecule has 2 aromatic rings. The first-order chi connectivity index (χ1) is 14.7. The van der Waals surface area contributed by atoms with Crippen molar-refractivity contribution >= 4 is 21.9 Å². The zero-order valence-electron chi connectivity index (χ0n) is 18.2. The van der Waals surface area contributed by atoms with E-state index >= 15 is 0 Å². The van der Waals surface area contributed by atoms with Crippen molar-refractivity contribution in [2.45, 2.75) is 32.2 Å². The Balaban J connectivity index is 2.04. The predicted octanol–water partition coefficient (Wildman–Crippen LogP) is 2.51. The lowest BCUT2D eigenvalue weighted by molar-refractivity contribution is -0.124. The molecule has 31 heavy (non-hydrogen) atoms. The largest absolute Gasteiger partial charge is 0.496 e. The molecule has 0 heterocycles. The number of esters is 1. The maximum Gasteiger partial charge on any atom is 0.338 e. The Morgan fingerprint density at radius 1 is 1.06 bits per heavy atom. The summed E-state index contributed by atoms with van der Waals surface area (Å²) in [6.07, 6.45) is 0. The standard InChI is InChI=1S/C22H28N2O6S/c1-5-24(6-2)31(27,28)18-12-11-16(3)19(13-18)22(26)30-15-21(25)23-14-17-9-7-8-10-20(17)29-4/h7-13H,5-6,14-15H2,1-4H3,(H,23,25). The summed E-state index contributed by atoms with van der Waals surface area (Å²) in [4.78, 5) is 24.6. The third-order valence-electron chi connectivity index (χ3n) is 4.78. The van der Waals surface area contributed by atoms with Crippen LogP contribution in [0.3, 0.4) is 0 Å². The van der Waals surface area contributed by atoms with Gasteiger partial charge < -0.3 is 14.8 Å². The predicted molar refractivity (Wildman–Crippen MR) is 116 cm³/mol. The van der Waals surface area contributed by atoms with Crippen LogP contribution >= 0.6 is 0 Å². The molecule has 8 nitrogen and oxygen atoms in total. The molecule has 0 aliphatic carbocycles. The maximum atomic E-state index is 12.7. The number of nitrogens with one attached hydrogen (secondary N) is 1. The van der Waals surface area contributed by atoms with Crippen LogP contribution in [0.25, 0.3) is 0 Å². The number of hydrogen-bond donors (Lipinski definition) is 1. The van der Waals surface area contributed by atoms with Crippen molar-refractivity contribution in [1.82, 2.24) is 9.62 Å². The molecule has 0 saturated carbocycles. The van der Waals surface area contributed by atoms with E-state index in [1.165, 1.54) is 16.4 Å². The van der Waals surface area contributed by atoms with Gasteiger partial charge >= 0.3 is 5.97 Å². The number of benzene rings is 2. The molecule has 0 fully saturated rings. The van der Waals surface area contributed by atoms with Crippen molar-refractivity contribution in [2.24, 2.45) is 0 Å². The van der Waals surface area contributed by atoms with Crippen molar-refractivity contribution in [3.63, 3.8) is 0 Å². The molecule has 1 N–H and O–H groups in total. The number of carbonyl (C=O) groups excluding carboxylic acids is 2. The highest BCUT2D eigenvalue weighted by molar-refractivity contribution is 7.89. The zero-order valence-corrected chi connectivity index (χ0v) is 19.0. The van der Waals surface area contributed by atoms with E-state index in [1.807, 2.05) is 18.2 Å². The average molecular weight is 449 g/mol. The van der Waals surface area contributed by atoms with E-state index in [1.54, 1.807) is 40.0 Å². The molecule has 1 amide bonds. The number of nitrogens with zero attached hydrogens (tertiary/aromatic N) is 1. The molecule has 0 spiro atoms. The molecule has 0 atom stereocenters. The molecule has 2 aromatic carbocycles. The Kier molecular flexibility index (Phi) is 8.58. The molecule has 0 aliphatic rings. The fraction of sp³-hybridized carbons (Fsp3) is 0.364. The summed E-state index contributed by atoms with van der Waals surface area (Å²) in [6, 6.07) is 11.5. The van der Waals surface area contributed by atoms with E-state index < -0.39 is 28.5 Å². The van der Waals surface area contributed by atoms with Gasteiger partial charge in [-0.1, -0.05) is 38.1 Å². The number of hydrogen-bond acceptors (Lipinski definition) is 6. The minimum absolute atomic E-state index is 0.00868. The fourth-order valence-electron chi connectivity index (χ4n) is 3.00. The summed E-state index contributed by atoms with van der Waals surface area (Å²) in [7, 11) is -2.18. The molecule has 9 heteroatoms. The zero-order chi connectivity index (χ0) is 23.0. The molecule has 168 valence electrons. The van der Waals surface area contributed by atoms with Gasteiger partial charge in [-0.15, -0.1) is 0 Å². The Morgan fingerprint density at radius 3 is 2.39 bits per heavy atom. The van der Waals surface area contributed by atoms with E-state index in [0.29, 0.717) is 24.4 Å². The average Bonchev–Trinajstić information content (AvgIpc) is 2.77. The Morgan fingerprint density at radius 2 is 1.74 bits per heavy atom. The van der Waals surface area contributed by atoms with E-state index in [4.69, 9.17) is 9.47 Å². The minimum atomic E-state index is -3.72. The van der Waals surface area contributed by atoms with Crippen LogP contribution in [0.15, 0.2) is 47.4 Å². The van der Waals surface area contributed by atoms with Gasteiger partial charge in [0.05, 0.1) is 17.6 Å². The first kappa shape index (κ1) is 24.4. The molecule has 0 saturated heterocycles. The lowest BCUT2D eigenvalue weighted by Gasteiger charge is -2.19. The second-order valence-electron chi connectivity index (χ2n) is 6.73. The first-order valence-electron chi connectivity index (χ1n) is 9.91. The monoisotopic (exact) mass is 448 g/mol. The highest BCUT2D eigenvalue weighted by Crippen LogP contribution is 2.20. The SMILES string of the molecule is CCN(CC)S(=O)(=O)c1ccc(C)c(C(=O)OCC(=O)NCc2ccccc2OC)c1. The van der Waals surface area contributed by atoms with Crippen LogP contribution in [0.4, 0.5) is 0 Å². The lowest BCUT2D eigenvalue weighted by atomic mass is 10.1. The molecule has 0 unspecified atom stereocenters. The molecular formula is C22H28N2O6S. The maximum absolute atomic E-state index is 12.7. The van der Waals surface area contributed by atoms with E-state index in [-0.39, 0.29) is 17.0 Å². The number of ether oxygens (including phenoxy) is 2. The fourth-order valence-corrected chi connectivity index (χ4v) is 4.48. The van der Waals surface area contributed by atoms with Gasteiger partial charge in [-0.3, -0.25) is 4.79 Å². The Hall–Kier alpha value is -2.91. The second-order valence-corrected chi connectivity index (χ2v) is 8.67. The first-order valence-corrected chi connectivity index (χ1v) is 11.3. The number of rotatable bonds is 10. The summed E-state index contributed by atoms with van der Waals surface area (Å²) < 4.78 is 37.1. The Bertz CT molecular complexity index is 1030. The molecule has 2 rings (SSSR count). The molecule has 0 aromatic heterocycles. The van der Waals surface area contributed by atoms with Crippen LogP contribution in [-0.4, -0.2) is 51.4 Å². The van der Waals surface area contributed by atoms with Gasteiger partial charge in [-0.2, -0.15) is 4.31 Å². The van der Waals surface area contributed by atoms with E-state index in [2.05, 4.69) is 5.32 Å². The van der Waals surface area contributed by atoms with Crippen LogP contribution in [-0.2, 0) is 26.1 Å². The summed E-state index contributed by atoms with van der Waals surface area (Å²) >= 11 is 0. The number of amides is 1. The van der Waals surface area contributed by atoms with Gasteiger partial charge in [0.15, 0.2) is 6.61 Å². The number of sulfonamides is 1. The van der Waals surface area contributed by atoms with Gasteiger partial charge in [0.1, 0.15) is 5.75 Å². The van der Waals surface area contributed by atoms with Gasteiger partial charge in [0, 0.05) is 25.2 Å². The number of methoxy groups -OCH3 is 1. The molecule has 0 aliphatic heterocycles. The van der Waals surface area contributed by atoms with E-state index in [0.717, 1.165) is 5.56 Å². The summed E-state index contributed by atoms with van der Waals surface area (Å²) in [5, 5.41) is 2.66. The number of para-hydroxylation sites is 1. The normalized spacial score (nSPS) is 11.3. The van der Waals surface area contributed by atoms with Crippen molar-refractivity contribution in [1.29, 1.82) is 0 Å². The molecular weight excluding hydrogens is 420 g/mol. The summed E-state index contributed by atoms with van der Waals surface area (Å²) in [5.74, 6) is -0.605. The summed E-state index contributed by atoms with van der Waals surface area (Å²) in [6.45, 7) is 5.53. The minimum Gasteiger partial charge on any atom is -0.496 e. The van der Waals surface area contributed by atoms with E-state index in [9.17, 15) is 18.0 Å². The van der Waals surface area contributed by atoms with Gasteiger partial charge in [-0.05, 0) is 30.7 Å². The van der Waals surface area contributed by atoms with Crippen molar-refractivity contribution in [3.05, 3.63) is 59.2 Å². The van der Waals surface area contributed by atoms with Crippen molar-refractivity contribution in [3.8, 4) is 5.75 Å². The van der Waals surface area contributed by atoms with Gasteiger partial charge in [0.2, 0.25) is 10.0 Å². The van der Waals surface area contributed by atoms with Crippen molar-refractivity contribution in [2.75, 3.05) is 26.8 Å². The highest BCUT2D eigenvalue weighted by Gasteiger charge is 2.24. The molecule has 0 radical (unpaired) electrons. The molecule has 0 bridgehead atoms. The third kappa shape index (κ3) is 6.05. The summed E-state index contributed by atoms with van der Waals surface area (Å²) in [5.41, 5.74) is 1.44. The Labute approximate surface area is 183 Å². The van der Waals surface area contributed by atoms with Crippen LogP contribution in [0, 0.1) is 6.92 Å². The van der Waals surface area contributed by atoms with Gasteiger partial charge in [0.25, 0.3) is 5.91 Å². The number of carbonyl (C=O) groups is 2. The number of aryl methyl sites for hydroxylation is 1. The van der Waals surface area contributed by atoms with Crippen LogP contribution < -0.4 is 10.1 Å². The quantitative estimate of drug-likeness (QED) is 0.561. The smallest absolute Gasteiger partial charge is 0.338 e. The van der Waals surface area contributed by atoms with Crippen molar-refractivity contribution < 1.29 is 27.5 Å². The topological polar surface area (TPSA) is 102 Å². The van der Waals surface area contributed by atoms with Gasteiger partial charge in [-0.25, -0.2) is 13.2 Å². The lowest BCUT2D eigenvalue weighted by Crippen LogP contribution is -2.31. The third-order valence-corrected chi connectivity index (χ3v) is 6.82. The highest BCUT2D eigenvalue weighted by atomic mass is 32.2. The van der Waals surface area contributed by atoms with Crippen LogP contribution in [0.1, 0.15) is 35.3 Å². The van der Waals surface area contributed by atoms with Crippen LogP contribution in [0.5, 0.6) is 5.75 Å². The second kappa shape index (κ2) is 10.9.